The smallest absolute Gasteiger partial charge is 0.188 e. The Morgan fingerprint density at radius 3 is 2.67 bits per heavy atom. The molecule has 0 saturated heterocycles. The van der Waals surface area contributed by atoms with Crippen LogP contribution in [0.4, 0.5) is 0 Å². The van der Waals surface area contributed by atoms with Gasteiger partial charge in [0.2, 0.25) is 0 Å². The molecule has 0 bridgehead atoms. The Morgan fingerprint density at radius 2 is 1.83 bits per heavy atom. The standard InChI is InChI=1S/C17H22O/c1-13-10-11-14(2)16(12-13)17(18)15-8-6-4-3-5-7-9-15/h8,10-12H,3-7,9H2,1-2H3/b15-8+. The van der Waals surface area contributed by atoms with Crippen molar-refractivity contribution in [3.05, 3.63) is 46.5 Å². The molecule has 1 aliphatic carbocycles. The number of ketones is 1. The van der Waals surface area contributed by atoms with E-state index in [2.05, 4.69) is 12.1 Å². The Labute approximate surface area is 110 Å². The van der Waals surface area contributed by atoms with Crippen LogP contribution in [0.25, 0.3) is 0 Å². The molecule has 0 aliphatic heterocycles. The fraction of sp³-hybridized carbons (Fsp3) is 0.471. The summed E-state index contributed by atoms with van der Waals surface area (Å²) in [5.41, 5.74) is 4.18. The third kappa shape index (κ3) is 3.10. The number of benzene rings is 1. The second kappa shape index (κ2) is 5.99. The molecule has 0 radical (unpaired) electrons. The van der Waals surface area contributed by atoms with Crippen LogP contribution < -0.4 is 0 Å². The zero-order chi connectivity index (χ0) is 13.0. The van der Waals surface area contributed by atoms with Crippen LogP contribution in [-0.2, 0) is 0 Å². The molecule has 96 valence electrons. The number of rotatable bonds is 2. The predicted molar refractivity (Wildman–Crippen MR) is 76.0 cm³/mol. The third-order valence-electron chi connectivity index (χ3n) is 3.72. The third-order valence-corrected chi connectivity index (χ3v) is 3.72. The van der Waals surface area contributed by atoms with Crippen LogP contribution in [0.15, 0.2) is 29.8 Å². The second-order valence-corrected chi connectivity index (χ2v) is 5.33. The maximum atomic E-state index is 12.6. The molecule has 0 aromatic heterocycles. The zero-order valence-corrected chi connectivity index (χ0v) is 11.5. The quantitative estimate of drug-likeness (QED) is 0.683. The number of carbonyl (C=O) groups excluding carboxylic acids is 1. The molecule has 0 heterocycles. The van der Waals surface area contributed by atoms with Crippen LogP contribution in [0.2, 0.25) is 0 Å². The maximum Gasteiger partial charge on any atom is 0.188 e. The lowest BCUT2D eigenvalue weighted by molar-refractivity contribution is 0.102. The van der Waals surface area contributed by atoms with Crippen molar-refractivity contribution in [1.29, 1.82) is 0 Å². The van der Waals surface area contributed by atoms with Crippen molar-refractivity contribution in [2.24, 2.45) is 0 Å². The van der Waals surface area contributed by atoms with Gasteiger partial charge in [-0.05, 0) is 56.7 Å². The molecule has 1 aliphatic rings. The number of hydrogen-bond acceptors (Lipinski definition) is 1. The van der Waals surface area contributed by atoms with E-state index >= 15 is 0 Å². The molecule has 1 aromatic carbocycles. The number of allylic oxidation sites excluding steroid dienone is 2. The molecular formula is C17H22O. The van der Waals surface area contributed by atoms with Crippen molar-refractivity contribution in [2.45, 2.75) is 52.4 Å². The molecule has 0 spiro atoms. The minimum atomic E-state index is 0.248. The molecule has 0 fully saturated rings. The predicted octanol–water partition coefficient (Wildman–Crippen LogP) is 4.77. The van der Waals surface area contributed by atoms with Gasteiger partial charge in [0.05, 0.1) is 0 Å². The molecule has 1 nitrogen and oxygen atoms in total. The largest absolute Gasteiger partial charge is 0.289 e. The maximum absolute atomic E-state index is 12.6. The average Bonchev–Trinajstić information content (AvgIpc) is 2.31. The van der Waals surface area contributed by atoms with Crippen LogP contribution in [-0.4, -0.2) is 5.78 Å². The van der Waals surface area contributed by atoms with Crippen molar-refractivity contribution in [3.8, 4) is 0 Å². The van der Waals surface area contributed by atoms with Gasteiger partial charge in [0, 0.05) is 5.56 Å². The fourth-order valence-corrected chi connectivity index (χ4v) is 2.55. The summed E-state index contributed by atoms with van der Waals surface area (Å²) in [6, 6.07) is 6.14. The average molecular weight is 242 g/mol. The van der Waals surface area contributed by atoms with E-state index in [0.717, 1.165) is 41.5 Å². The summed E-state index contributed by atoms with van der Waals surface area (Å²) in [7, 11) is 0. The van der Waals surface area contributed by atoms with Crippen molar-refractivity contribution >= 4 is 5.78 Å². The fourth-order valence-electron chi connectivity index (χ4n) is 2.55. The first-order valence-electron chi connectivity index (χ1n) is 6.99. The first-order chi connectivity index (χ1) is 8.68. The van der Waals surface area contributed by atoms with E-state index in [1.165, 1.54) is 19.3 Å². The summed E-state index contributed by atoms with van der Waals surface area (Å²) >= 11 is 0. The summed E-state index contributed by atoms with van der Waals surface area (Å²) in [4.78, 5) is 12.6. The van der Waals surface area contributed by atoms with Gasteiger partial charge < -0.3 is 0 Å². The molecule has 2 rings (SSSR count). The second-order valence-electron chi connectivity index (χ2n) is 5.33. The molecule has 1 aromatic rings. The topological polar surface area (TPSA) is 17.1 Å². The molecule has 0 amide bonds. The highest BCUT2D eigenvalue weighted by Crippen LogP contribution is 2.22. The lowest BCUT2D eigenvalue weighted by Crippen LogP contribution is -2.07. The minimum Gasteiger partial charge on any atom is -0.289 e. The van der Waals surface area contributed by atoms with E-state index < -0.39 is 0 Å². The first kappa shape index (κ1) is 13.1. The Balaban J connectivity index is 2.26. The van der Waals surface area contributed by atoms with Gasteiger partial charge in [0.25, 0.3) is 0 Å². The monoisotopic (exact) mass is 242 g/mol. The van der Waals surface area contributed by atoms with E-state index in [4.69, 9.17) is 0 Å². The van der Waals surface area contributed by atoms with Crippen molar-refractivity contribution in [3.63, 3.8) is 0 Å². The van der Waals surface area contributed by atoms with Gasteiger partial charge in [0.15, 0.2) is 5.78 Å². The highest BCUT2D eigenvalue weighted by molar-refractivity contribution is 6.09. The SMILES string of the molecule is Cc1ccc(C)c(C(=O)/C2=C/CCCCCC2)c1. The zero-order valence-electron chi connectivity index (χ0n) is 11.5. The summed E-state index contributed by atoms with van der Waals surface area (Å²) in [5, 5.41) is 0. The van der Waals surface area contributed by atoms with Crippen molar-refractivity contribution in [2.75, 3.05) is 0 Å². The highest BCUT2D eigenvalue weighted by Gasteiger charge is 2.15. The molecule has 18 heavy (non-hydrogen) atoms. The van der Waals surface area contributed by atoms with E-state index in [1.807, 2.05) is 26.0 Å². The van der Waals surface area contributed by atoms with Crippen molar-refractivity contribution < 1.29 is 4.79 Å². The van der Waals surface area contributed by atoms with Gasteiger partial charge in [-0.15, -0.1) is 0 Å². The Kier molecular flexibility index (Phi) is 4.35. The number of aryl methyl sites for hydroxylation is 2. The minimum absolute atomic E-state index is 0.248. The van der Waals surface area contributed by atoms with E-state index in [9.17, 15) is 4.79 Å². The van der Waals surface area contributed by atoms with Gasteiger partial charge in [-0.1, -0.05) is 36.6 Å². The first-order valence-corrected chi connectivity index (χ1v) is 6.99. The molecule has 0 saturated carbocycles. The summed E-state index contributed by atoms with van der Waals surface area (Å²) in [5.74, 6) is 0.248. The number of hydrogen-bond donors (Lipinski definition) is 0. The van der Waals surface area contributed by atoms with Crippen LogP contribution in [0.1, 0.15) is 60.0 Å². The van der Waals surface area contributed by atoms with Crippen LogP contribution >= 0.6 is 0 Å². The van der Waals surface area contributed by atoms with Gasteiger partial charge in [-0.3, -0.25) is 4.79 Å². The van der Waals surface area contributed by atoms with E-state index in [1.54, 1.807) is 0 Å². The van der Waals surface area contributed by atoms with Gasteiger partial charge in [-0.2, -0.15) is 0 Å². The number of carbonyl (C=O) groups is 1. The van der Waals surface area contributed by atoms with Gasteiger partial charge in [-0.25, -0.2) is 0 Å². The van der Waals surface area contributed by atoms with E-state index in [-0.39, 0.29) is 5.78 Å². The molecular weight excluding hydrogens is 220 g/mol. The van der Waals surface area contributed by atoms with Crippen LogP contribution in [0.5, 0.6) is 0 Å². The summed E-state index contributed by atoms with van der Waals surface area (Å²) in [6.45, 7) is 4.07. The van der Waals surface area contributed by atoms with Gasteiger partial charge in [0.1, 0.15) is 0 Å². The lowest BCUT2D eigenvalue weighted by atomic mass is 9.91. The Bertz CT molecular complexity index is 468. The Morgan fingerprint density at radius 1 is 1.06 bits per heavy atom. The molecule has 0 atom stereocenters. The Hall–Kier alpha value is -1.37. The normalized spacial score (nSPS) is 19.6. The molecule has 0 N–H and O–H groups in total. The molecule has 0 unspecified atom stereocenters. The van der Waals surface area contributed by atoms with Crippen LogP contribution in [0.3, 0.4) is 0 Å². The summed E-state index contributed by atoms with van der Waals surface area (Å²) < 4.78 is 0. The molecule has 1 heteroatoms. The van der Waals surface area contributed by atoms with Gasteiger partial charge >= 0.3 is 0 Å². The summed E-state index contributed by atoms with van der Waals surface area (Å²) in [6.07, 6.45) is 9.13. The number of Topliss-reactive ketones (excluding diaryl/α,β-unsaturated/α-hetero) is 1. The van der Waals surface area contributed by atoms with Crippen LogP contribution in [0, 0.1) is 13.8 Å². The van der Waals surface area contributed by atoms with E-state index in [0.29, 0.717) is 0 Å². The highest BCUT2D eigenvalue weighted by atomic mass is 16.1. The lowest BCUT2D eigenvalue weighted by Gasteiger charge is -2.12. The van der Waals surface area contributed by atoms with Crippen molar-refractivity contribution in [1.82, 2.24) is 0 Å².